The lowest BCUT2D eigenvalue weighted by Crippen LogP contribution is -2.42. The molecule has 2 aromatic rings. The van der Waals surface area contributed by atoms with Crippen molar-refractivity contribution in [1.29, 1.82) is 0 Å². The number of hydrogen-bond acceptors (Lipinski definition) is 5. The van der Waals surface area contributed by atoms with E-state index in [4.69, 9.17) is 9.47 Å². The number of phenols is 1. The van der Waals surface area contributed by atoms with E-state index in [0.29, 0.717) is 11.5 Å². The molecule has 2 atom stereocenters. The second-order valence-electron chi connectivity index (χ2n) is 5.58. The standard InChI is InChI=1S/C19H19NO4/c1-3-23-18(22)19(15-9-11-16(21)12-10-15)13(2)24-17(20-19)14-7-5-4-6-8-14/h4-13,21H,3H2,1-2H3/t13-,19+/m1/s1. The maximum absolute atomic E-state index is 12.8. The van der Waals surface area contributed by atoms with E-state index in [1.807, 2.05) is 30.3 Å². The number of nitrogens with zero attached hydrogens (tertiary/aromatic N) is 1. The van der Waals surface area contributed by atoms with Crippen molar-refractivity contribution in [3.8, 4) is 5.75 Å². The molecule has 0 aliphatic carbocycles. The fraction of sp³-hybridized carbons (Fsp3) is 0.263. The minimum Gasteiger partial charge on any atom is -0.508 e. The van der Waals surface area contributed by atoms with E-state index < -0.39 is 17.6 Å². The molecule has 0 spiro atoms. The Morgan fingerprint density at radius 3 is 2.50 bits per heavy atom. The molecular weight excluding hydrogens is 306 g/mol. The molecule has 0 saturated carbocycles. The van der Waals surface area contributed by atoms with E-state index in [1.165, 1.54) is 12.1 Å². The quantitative estimate of drug-likeness (QED) is 0.878. The molecule has 1 aliphatic heterocycles. The van der Waals surface area contributed by atoms with Crippen molar-refractivity contribution in [3.63, 3.8) is 0 Å². The monoisotopic (exact) mass is 325 g/mol. The Kier molecular flexibility index (Phi) is 4.25. The van der Waals surface area contributed by atoms with Crippen LogP contribution in [-0.2, 0) is 19.8 Å². The van der Waals surface area contributed by atoms with Crippen LogP contribution in [0.2, 0.25) is 0 Å². The predicted octanol–water partition coefficient (Wildman–Crippen LogP) is 3.02. The molecule has 0 amide bonds. The van der Waals surface area contributed by atoms with Crippen molar-refractivity contribution >= 4 is 11.9 Å². The van der Waals surface area contributed by atoms with Crippen molar-refractivity contribution in [3.05, 3.63) is 65.7 Å². The summed E-state index contributed by atoms with van der Waals surface area (Å²) in [6.07, 6.45) is -0.531. The maximum atomic E-state index is 12.8. The second kappa shape index (κ2) is 6.35. The van der Waals surface area contributed by atoms with Gasteiger partial charge in [0.15, 0.2) is 0 Å². The van der Waals surface area contributed by atoms with Gasteiger partial charge in [-0.05, 0) is 43.7 Å². The minimum absolute atomic E-state index is 0.122. The molecule has 0 bridgehead atoms. The van der Waals surface area contributed by atoms with Crippen LogP contribution in [0.5, 0.6) is 5.75 Å². The molecule has 0 aromatic heterocycles. The lowest BCUT2D eigenvalue weighted by atomic mass is 9.86. The van der Waals surface area contributed by atoms with Crippen LogP contribution in [0, 0.1) is 0 Å². The lowest BCUT2D eigenvalue weighted by molar-refractivity contribution is -0.152. The third-order valence-corrected chi connectivity index (χ3v) is 4.07. The number of benzene rings is 2. The average Bonchev–Trinajstić information content (AvgIpc) is 2.95. The van der Waals surface area contributed by atoms with E-state index in [0.717, 1.165) is 5.56 Å². The van der Waals surface area contributed by atoms with Crippen molar-refractivity contribution in [2.75, 3.05) is 6.61 Å². The third-order valence-electron chi connectivity index (χ3n) is 4.07. The summed E-state index contributed by atoms with van der Waals surface area (Å²) < 4.78 is 11.2. The van der Waals surface area contributed by atoms with Gasteiger partial charge in [0, 0.05) is 5.56 Å². The molecule has 2 aromatic carbocycles. The third kappa shape index (κ3) is 2.62. The summed E-state index contributed by atoms with van der Waals surface area (Å²) in [5.74, 6) is 0.0648. The van der Waals surface area contributed by atoms with Crippen LogP contribution in [0.3, 0.4) is 0 Å². The van der Waals surface area contributed by atoms with Crippen LogP contribution in [0.1, 0.15) is 25.0 Å². The van der Waals surface area contributed by atoms with E-state index in [1.54, 1.807) is 26.0 Å². The molecule has 1 N–H and O–H groups in total. The van der Waals surface area contributed by atoms with Crippen LogP contribution < -0.4 is 0 Å². The van der Waals surface area contributed by atoms with Crippen LogP contribution in [0.15, 0.2) is 59.6 Å². The Morgan fingerprint density at radius 2 is 1.88 bits per heavy atom. The Bertz CT molecular complexity index is 755. The number of carbonyl (C=O) groups is 1. The summed E-state index contributed by atoms with van der Waals surface area (Å²) in [4.78, 5) is 17.4. The summed E-state index contributed by atoms with van der Waals surface area (Å²) in [5, 5.41) is 9.54. The van der Waals surface area contributed by atoms with Crippen LogP contribution >= 0.6 is 0 Å². The van der Waals surface area contributed by atoms with E-state index in [-0.39, 0.29) is 12.4 Å². The van der Waals surface area contributed by atoms with Gasteiger partial charge in [0.25, 0.3) is 0 Å². The van der Waals surface area contributed by atoms with Gasteiger partial charge in [-0.25, -0.2) is 9.79 Å². The van der Waals surface area contributed by atoms with Crippen LogP contribution in [0.25, 0.3) is 0 Å². The zero-order valence-electron chi connectivity index (χ0n) is 13.6. The Balaban J connectivity index is 2.12. The average molecular weight is 325 g/mol. The summed E-state index contributed by atoms with van der Waals surface area (Å²) >= 11 is 0. The summed E-state index contributed by atoms with van der Waals surface area (Å²) in [6, 6.07) is 15.8. The van der Waals surface area contributed by atoms with Crippen molar-refractivity contribution < 1.29 is 19.4 Å². The summed E-state index contributed by atoms with van der Waals surface area (Å²) in [5.41, 5.74) is 0.140. The first kappa shape index (κ1) is 16.1. The zero-order valence-corrected chi connectivity index (χ0v) is 13.6. The van der Waals surface area contributed by atoms with Gasteiger partial charge >= 0.3 is 5.97 Å². The highest BCUT2D eigenvalue weighted by Gasteiger charge is 2.53. The van der Waals surface area contributed by atoms with Crippen molar-refractivity contribution in [2.24, 2.45) is 4.99 Å². The number of carbonyl (C=O) groups excluding carboxylic acids is 1. The number of aliphatic imine (C=N–C) groups is 1. The van der Waals surface area contributed by atoms with Crippen molar-refractivity contribution in [1.82, 2.24) is 0 Å². The van der Waals surface area contributed by atoms with Crippen molar-refractivity contribution in [2.45, 2.75) is 25.5 Å². The van der Waals surface area contributed by atoms with Gasteiger partial charge in [-0.15, -0.1) is 0 Å². The van der Waals surface area contributed by atoms with Gasteiger partial charge in [0.1, 0.15) is 11.9 Å². The SMILES string of the molecule is CCOC(=O)[C@]1(c2ccc(O)cc2)N=C(c2ccccc2)O[C@@H]1C. The summed E-state index contributed by atoms with van der Waals surface area (Å²) in [7, 11) is 0. The van der Waals surface area contributed by atoms with E-state index in [2.05, 4.69) is 4.99 Å². The molecule has 1 aliphatic rings. The number of esters is 1. The lowest BCUT2D eigenvalue weighted by Gasteiger charge is -2.27. The highest BCUT2D eigenvalue weighted by molar-refractivity contribution is 5.99. The largest absolute Gasteiger partial charge is 0.508 e. The van der Waals surface area contributed by atoms with Crippen LogP contribution in [-0.4, -0.2) is 29.7 Å². The Labute approximate surface area is 140 Å². The van der Waals surface area contributed by atoms with E-state index in [9.17, 15) is 9.90 Å². The van der Waals surface area contributed by atoms with Gasteiger partial charge in [-0.1, -0.05) is 30.3 Å². The number of aromatic hydroxyl groups is 1. The fourth-order valence-corrected chi connectivity index (χ4v) is 2.83. The molecule has 1 heterocycles. The fourth-order valence-electron chi connectivity index (χ4n) is 2.83. The molecular formula is C19H19NO4. The van der Waals surface area contributed by atoms with Gasteiger partial charge < -0.3 is 14.6 Å². The Morgan fingerprint density at radius 1 is 1.21 bits per heavy atom. The summed E-state index contributed by atoms with van der Waals surface area (Å²) in [6.45, 7) is 3.80. The number of ether oxygens (including phenoxy) is 2. The first-order valence-electron chi connectivity index (χ1n) is 7.86. The van der Waals surface area contributed by atoms with Gasteiger partial charge in [0.2, 0.25) is 11.4 Å². The number of rotatable bonds is 4. The highest BCUT2D eigenvalue weighted by atomic mass is 16.5. The molecule has 3 rings (SSSR count). The molecule has 0 unspecified atom stereocenters. The first-order chi connectivity index (χ1) is 11.6. The maximum Gasteiger partial charge on any atom is 0.342 e. The molecule has 5 nitrogen and oxygen atoms in total. The smallest absolute Gasteiger partial charge is 0.342 e. The highest BCUT2D eigenvalue weighted by Crippen LogP contribution is 2.39. The molecule has 124 valence electrons. The normalized spacial score (nSPS) is 22.6. The number of hydrogen-bond donors (Lipinski definition) is 1. The molecule has 0 saturated heterocycles. The first-order valence-corrected chi connectivity index (χ1v) is 7.86. The van der Waals surface area contributed by atoms with Gasteiger partial charge in [-0.2, -0.15) is 0 Å². The van der Waals surface area contributed by atoms with Gasteiger partial charge in [-0.3, -0.25) is 0 Å². The van der Waals surface area contributed by atoms with E-state index >= 15 is 0 Å². The number of phenolic OH excluding ortho intramolecular Hbond substituents is 1. The molecule has 5 heteroatoms. The molecule has 24 heavy (non-hydrogen) atoms. The predicted molar refractivity (Wildman–Crippen MR) is 89.9 cm³/mol. The molecule has 0 fully saturated rings. The second-order valence-corrected chi connectivity index (χ2v) is 5.58. The Hall–Kier alpha value is -2.82. The van der Waals surface area contributed by atoms with Gasteiger partial charge in [0.05, 0.1) is 6.61 Å². The topological polar surface area (TPSA) is 68.1 Å². The zero-order chi connectivity index (χ0) is 17.2. The minimum atomic E-state index is -1.28. The van der Waals surface area contributed by atoms with Crippen LogP contribution in [0.4, 0.5) is 0 Å². The molecule has 0 radical (unpaired) electrons.